The maximum absolute atomic E-state index is 12.9. The van der Waals surface area contributed by atoms with Crippen molar-refractivity contribution < 1.29 is 23.8 Å². The summed E-state index contributed by atoms with van der Waals surface area (Å²) in [4.78, 5) is 28.3. The third kappa shape index (κ3) is 4.37. The molecule has 0 aromatic heterocycles. The molecule has 152 valence electrons. The fraction of sp³-hybridized carbons (Fsp3) is 0.333. The maximum atomic E-state index is 12.9. The summed E-state index contributed by atoms with van der Waals surface area (Å²) in [6, 6.07) is 15.3. The molecule has 1 unspecified atom stereocenters. The minimum absolute atomic E-state index is 0.0217. The third-order valence-corrected chi connectivity index (χ3v) is 5.14. The van der Waals surface area contributed by atoms with Crippen LogP contribution in [0.2, 0.25) is 0 Å². The molecule has 2 N–H and O–H groups in total. The van der Waals surface area contributed by atoms with Crippen molar-refractivity contribution in [2.75, 3.05) is 37.9 Å². The van der Waals surface area contributed by atoms with E-state index in [0.717, 1.165) is 18.8 Å². The molecule has 0 spiro atoms. The molecular formula is C21H23N3O5. The quantitative estimate of drug-likeness (QED) is 0.832. The molecule has 0 bridgehead atoms. The summed E-state index contributed by atoms with van der Waals surface area (Å²) in [6.07, 6.45) is -1.68. The van der Waals surface area contributed by atoms with Crippen LogP contribution in [0.25, 0.3) is 0 Å². The van der Waals surface area contributed by atoms with E-state index in [1.165, 1.54) is 0 Å². The van der Waals surface area contributed by atoms with Gasteiger partial charge >= 0.3 is 6.09 Å². The molecule has 2 aliphatic rings. The first-order valence-corrected chi connectivity index (χ1v) is 9.53. The summed E-state index contributed by atoms with van der Waals surface area (Å²) in [5.74, 6) is 1.10. The molecule has 0 radical (unpaired) electrons. The molecule has 0 saturated carbocycles. The Morgan fingerprint density at radius 2 is 1.72 bits per heavy atom. The van der Waals surface area contributed by atoms with Gasteiger partial charge in [0.05, 0.1) is 6.42 Å². The number of hydrogen-bond acceptors (Lipinski definition) is 6. The molecule has 29 heavy (non-hydrogen) atoms. The van der Waals surface area contributed by atoms with Crippen molar-refractivity contribution >= 4 is 17.7 Å². The third-order valence-electron chi connectivity index (χ3n) is 5.14. The van der Waals surface area contributed by atoms with Crippen LogP contribution >= 0.6 is 0 Å². The number of amides is 2. The molecule has 4 rings (SSSR count). The second-order valence-electron chi connectivity index (χ2n) is 6.95. The summed E-state index contributed by atoms with van der Waals surface area (Å²) in [6.45, 7) is 2.86. The van der Waals surface area contributed by atoms with Crippen LogP contribution in [0.4, 0.5) is 10.5 Å². The zero-order valence-corrected chi connectivity index (χ0v) is 16.0. The van der Waals surface area contributed by atoms with Crippen molar-refractivity contribution in [3.63, 3.8) is 0 Å². The van der Waals surface area contributed by atoms with Crippen molar-refractivity contribution in [2.45, 2.75) is 12.5 Å². The molecule has 2 amide bonds. The van der Waals surface area contributed by atoms with Crippen molar-refractivity contribution in [3.05, 3.63) is 54.1 Å². The Morgan fingerprint density at radius 1 is 1.00 bits per heavy atom. The predicted molar refractivity (Wildman–Crippen MR) is 106 cm³/mol. The number of benzene rings is 2. The van der Waals surface area contributed by atoms with Gasteiger partial charge < -0.3 is 29.7 Å². The molecule has 2 aromatic rings. The Balaban J connectivity index is 1.40. The van der Waals surface area contributed by atoms with Gasteiger partial charge in [0.1, 0.15) is 6.10 Å². The number of piperazine rings is 1. The van der Waals surface area contributed by atoms with Crippen molar-refractivity contribution in [1.29, 1.82) is 0 Å². The first-order valence-electron chi connectivity index (χ1n) is 9.53. The predicted octanol–water partition coefficient (Wildman–Crippen LogP) is 2.29. The molecule has 1 saturated heterocycles. The van der Waals surface area contributed by atoms with Crippen LogP contribution in [0.1, 0.15) is 18.1 Å². The summed E-state index contributed by atoms with van der Waals surface area (Å²) < 4.78 is 15.9. The number of carbonyl (C=O) groups excluding carboxylic acids is 2. The van der Waals surface area contributed by atoms with Crippen LogP contribution in [0.15, 0.2) is 48.5 Å². The number of fused-ring (bicyclic) bond motifs is 1. The van der Waals surface area contributed by atoms with Crippen LogP contribution in [0, 0.1) is 0 Å². The standard InChI is InChI=1S/C21H23N3O5/c22-21(26)29-18(15-6-7-17-19(12-15)28-14-27-17)13-20(25)24-10-8-23(9-11-24)16-4-2-1-3-5-16/h1-7,12,18H,8-11,13-14H2,(H2,22,26). The van der Waals surface area contributed by atoms with Crippen LogP contribution in [0.3, 0.4) is 0 Å². The molecule has 8 heteroatoms. The SMILES string of the molecule is NC(=O)OC(CC(=O)N1CCN(c2ccccc2)CC1)c1ccc2c(c1)OCO2. The Kier molecular flexibility index (Phi) is 5.41. The highest BCUT2D eigenvalue weighted by Crippen LogP contribution is 2.36. The monoisotopic (exact) mass is 397 g/mol. The van der Waals surface area contributed by atoms with Gasteiger partial charge in [-0.15, -0.1) is 0 Å². The fourth-order valence-corrected chi connectivity index (χ4v) is 3.62. The molecule has 2 aromatic carbocycles. The molecule has 0 aliphatic carbocycles. The van der Waals surface area contributed by atoms with Crippen LogP contribution < -0.4 is 20.1 Å². The van der Waals surface area contributed by atoms with E-state index >= 15 is 0 Å². The van der Waals surface area contributed by atoms with Crippen molar-refractivity contribution in [3.8, 4) is 11.5 Å². The van der Waals surface area contributed by atoms with E-state index in [0.29, 0.717) is 30.2 Å². The van der Waals surface area contributed by atoms with Gasteiger partial charge in [-0.1, -0.05) is 24.3 Å². The first-order chi connectivity index (χ1) is 14.1. The lowest BCUT2D eigenvalue weighted by atomic mass is 10.0. The largest absolute Gasteiger partial charge is 0.454 e. The average molecular weight is 397 g/mol. The van der Waals surface area contributed by atoms with Gasteiger partial charge in [0.2, 0.25) is 12.7 Å². The van der Waals surface area contributed by atoms with Gasteiger partial charge in [0.15, 0.2) is 11.5 Å². The Labute approximate surface area is 168 Å². The summed E-state index contributed by atoms with van der Waals surface area (Å²) in [5, 5.41) is 0. The highest BCUT2D eigenvalue weighted by Gasteiger charge is 2.27. The average Bonchev–Trinajstić information content (AvgIpc) is 3.21. The van der Waals surface area contributed by atoms with Gasteiger partial charge in [-0.25, -0.2) is 4.79 Å². The molecule has 1 fully saturated rings. The lowest BCUT2D eigenvalue weighted by Gasteiger charge is -2.36. The van der Waals surface area contributed by atoms with Gasteiger partial charge in [-0.2, -0.15) is 0 Å². The molecule has 2 heterocycles. The van der Waals surface area contributed by atoms with E-state index in [4.69, 9.17) is 19.9 Å². The number of primary amides is 1. The first kappa shape index (κ1) is 18.9. The van der Waals surface area contributed by atoms with Crippen molar-refractivity contribution in [1.82, 2.24) is 4.90 Å². The number of rotatable bonds is 5. The van der Waals surface area contributed by atoms with Gasteiger partial charge in [0, 0.05) is 31.9 Å². The topological polar surface area (TPSA) is 94.3 Å². The lowest BCUT2D eigenvalue weighted by Crippen LogP contribution is -2.49. The normalized spacial score (nSPS) is 16.4. The van der Waals surface area contributed by atoms with Gasteiger partial charge in [0.25, 0.3) is 0 Å². The minimum atomic E-state index is -0.922. The van der Waals surface area contributed by atoms with E-state index in [9.17, 15) is 9.59 Å². The smallest absolute Gasteiger partial charge is 0.405 e. The van der Waals surface area contributed by atoms with E-state index in [1.807, 2.05) is 18.2 Å². The molecular weight excluding hydrogens is 374 g/mol. The zero-order valence-electron chi connectivity index (χ0n) is 16.0. The number of anilines is 1. The van der Waals surface area contributed by atoms with Crippen LogP contribution in [-0.4, -0.2) is 49.9 Å². The molecule has 1 atom stereocenters. The molecule has 2 aliphatic heterocycles. The summed E-state index contributed by atoms with van der Waals surface area (Å²) in [5.41, 5.74) is 7.02. The number of para-hydroxylation sites is 1. The summed E-state index contributed by atoms with van der Waals surface area (Å²) in [7, 11) is 0. The summed E-state index contributed by atoms with van der Waals surface area (Å²) >= 11 is 0. The maximum Gasteiger partial charge on any atom is 0.405 e. The Hall–Kier alpha value is -3.42. The van der Waals surface area contributed by atoms with Crippen molar-refractivity contribution in [2.24, 2.45) is 5.73 Å². The number of nitrogens with zero attached hydrogens (tertiary/aromatic N) is 2. The van der Waals surface area contributed by atoms with Gasteiger partial charge in [-0.3, -0.25) is 4.79 Å². The fourth-order valence-electron chi connectivity index (χ4n) is 3.62. The zero-order chi connectivity index (χ0) is 20.2. The number of nitrogens with two attached hydrogens (primary N) is 1. The minimum Gasteiger partial charge on any atom is -0.454 e. The second kappa shape index (κ2) is 8.30. The van der Waals surface area contributed by atoms with E-state index < -0.39 is 12.2 Å². The lowest BCUT2D eigenvalue weighted by molar-refractivity contribution is -0.133. The van der Waals surface area contributed by atoms with Crippen LogP contribution in [-0.2, 0) is 9.53 Å². The van der Waals surface area contributed by atoms with E-state index in [2.05, 4.69) is 17.0 Å². The number of hydrogen-bond donors (Lipinski definition) is 1. The second-order valence-corrected chi connectivity index (χ2v) is 6.95. The van der Waals surface area contributed by atoms with Gasteiger partial charge in [-0.05, 0) is 29.8 Å². The highest BCUT2D eigenvalue weighted by atomic mass is 16.7. The van der Waals surface area contributed by atoms with E-state index in [-0.39, 0.29) is 19.1 Å². The number of carbonyl (C=O) groups is 2. The Bertz CT molecular complexity index is 881. The molecule has 8 nitrogen and oxygen atoms in total. The highest BCUT2D eigenvalue weighted by molar-refractivity contribution is 5.78. The number of ether oxygens (including phenoxy) is 3. The van der Waals surface area contributed by atoms with Crippen LogP contribution in [0.5, 0.6) is 11.5 Å². The van der Waals surface area contributed by atoms with E-state index in [1.54, 1.807) is 23.1 Å². The Morgan fingerprint density at radius 3 is 2.45 bits per heavy atom.